The lowest BCUT2D eigenvalue weighted by molar-refractivity contribution is 0.0779. The number of likely N-dealkylation sites (tertiary alicyclic amines) is 1. The average Bonchev–Trinajstić information content (AvgIpc) is 3.11. The molecule has 0 saturated carbocycles. The van der Waals surface area contributed by atoms with Gasteiger partial charge >= 0.3 is 0 Å². The number of rotatable bonds is 2. The second-order valence-corrected chi connectivity index (χ2v) is 6.06. The number of carbonyl (C=O) groups excluding carboxylic acids is 1. The van der Waals surface area contributed by atoms with Gasteiger partial charge in [0.25, 0.3) is 5.91 Å². The van der Waals surface area contributed by atoms with Gasteiger partial charge < -0.3 is 10.2 Å². The normalized spacial score (nSPS) is 25.8. The van der Waals surface area contributed by atoms with Gasteiger partial charge in [0.2, 0.25) is 0 Å². The summed E-state index contributed by atoms with van der Waals surface area (Å²) in [6.07, 6.45) is 3.09. The van der Waals surface area contributed by atoms with Crippen LogP contribution in [0.1, 0.15) is 35.1 Å². The van der Waals surface area contributed by atoms with E-state index in [2.05, 4.69) is 14.9 Å². The zero-order chi connectivity index (χ0) is 12.6. The van der Waals surface area contributed by atoms with E-state index in [1.54, 1.807) is 0 Å². The van der Waals surface area contributed by atoms with Crippen LogP contribution in [-0.4, -0.2) is 46.6 Å². The fourth-order valence-electron chi connectivity index (χ4n) is 3.00. The molecule has 1 unspecified atom stereocenters. The van der Waals surface area contributed by atoms with Crippen LogP contribution in [0.25, 0.3) is 0 Å². The molecule has 7 heteroatoms. The smallest absolute Gasteiger partial charge is 0.267 e. The Balaban J connectivity index is 0.00000133. The lowest BCUT2D eigenvalue weighted by Gasteiger charge is -2.22. The Morgan fingerprint density at radius 1 is 1.53 bits per heavy atom. The molecule has 106 valence electrons. The third-order valence-corrected chi connectivity index (χ3v) is 4.90. The predicted molar refractivity (Wildman–Crippen MR) is 77.0 cm³/mol. The van der Waals surface area contributed by atoms with E-state index < -0.39 is 0 Å². The molecule has 2 aliphatic rings. The Labute approximate surface area is 123 Å². The Morgan fingerprint density at radius 3 is 3.05 bits per heavy atom. The first-order chi connectivity index (χ1) is 8.74. The number of amides is 1. The van der Waals surface area contributed by atoms with E-state index >= 15 is 0 Å². The van der Waals surface area contributed by atoms with Crippen molar-refractivity contribution >= 4 is 29.8 Å². The second-order valence-electron chi connectivity index (χ2n) is 5.31. The molecule has 0 aliphatic carbocycles. The third kappa shape index (κ3) is 2.61. The molecule has 0 bridgehead atoms. The van der Waals surface area contributed by atoms with Crippen LogP contribution in [0.15, 0.2) is 0 Å². The average molecular weight is 303 g/mol. The molecule has 1 N–H and O–H groups in total. The fourth-order valence-corrected chi connectivity index (χ4v) is 3.72. The van der Waals surface area contributed by atoms with Crippen molar-refractivity contribution in [2.24, 2.45) is 5.41 Å². The van der Waals surface area contributed by atoms with Crippen LogP contribution < -0.4 is 5.32 Å². The molecule has 19 heavy (non-hydrogen) atoms. The van der Waals surface area contributed by atoms with Crippen LogP contribution >= 0.6 is 23.9 Å². The van der Waals surface area contributed by atoms with Crippen molar-refractivity contribution in [1.82, 2.24) is 19.8 Å². The van der Waals surface area contributed by atoms with Gasteiger partial charge in [-0.05, 0) is 37.3 Å². The summed E-state index contributed by atoms with van der Waals surface area (Å²) in [5.41, 5.74) is 1.18. The minimum Gasteiger partial charge on any atom is -0.337 e. The molecule has 1 aromatic rings. The van der Waals surface area contributed by atoms with Crippen LogP contribution in [0, 0.1) is 5.41 Å². The molecule has 2 saturated heterocycles. The minimum atomic E-state index is 0. The standard InChI is InChI=1S/C12H18N4OS.ClH/c1-2-9-10(18-15-14-9)11(17)16-6-4-12(8-16)3-5-13-7-12;/h13H,2-8H2,1H3;1H. The summed E-state index contributed by atoms with van der Waals surface area (Å²) >= 11 is 1.23. The topological polar surface area (TPSA) is 58.1 Å². The van der Waals surface area contributed by atoms with E-state index in [-0.39, 0.29) is 18.3 Å². The molecule has 5 nitrogen and oxygen atoms in total. The molecule has 1 amide bonds. The summed E-state index contributed by atoms with van der Waals surface area (Å²) in [6.45, 7) is 5.92. The van der Waals surface area contributed by atoms with Gasteiger partial charge in [-0.2, -0.15) is 0 Å². The zero-order valence-electron chi connectivity index (χ0n) is 11.0. The van der Waals surface area contributed by atoms with E-state index in [0.29, 0.717) is 5.41 Å². The lowest BCUT2D eigenvalue weighted by atomic mass is 9.87. The molecule has 3 rings (SSSR count). The highest BCUT2D eigenvalue weighted by Crippen LogP contribution is 2.36. The minimum absolute atomic E-state index is 0. The fraction of sp³-hybridized carbons (Fsp3) is 0.750. The Bertz CT molecular complexity index is 458. The summed E-state index contributed by atoms with van der Waals surface area (Å²) in [5, 5.41) is 7.44. The molecule has 0 radical (unpaired) electrons. The molecule has 0 aromatic carbocycles. The number of aromatic nitrogens is 2. The van der Waals surface area contributed by atoms with Gasteiger partial charge in [-0.1, -0.05) is 11.4 Å². The molecule has 2 fully saturated rings. The maximum atomic E-state index is 12.5. The predicted octanol–water partition coefficient (Wildman–Crippen LogP) is 1.35. The maximum Gasteiger partial charge on any atom is 0.267 e. The Morgan fingerprint density at radius 2 is 2.37 bits per heavy atom. The number of carbonyl (C=O) groups is 1. The summed E-state index contributed by atoms with van der Waals surface area (Å²) in [7, 11) is 0. The number of halogens is 1. The maximum absolute atomic E-state index is 12.5. The first-order valence-electron chi connectivity index (χ1n) is 6.55. The van der Waals surface area contributed by atoms with Crippen LogP contribution in [0.3, 0.4) is 0 Å². The van der Waals surface area contributed by atoms with Gasteiger partial charge in [0.1, 0.15) is 4.88 Å². The van der Waals surface area contributed by atoms with E-state index in [1.807, 2.05) is 11.8 Å². The molecular formula is C12H19ClN4OS. The molecule has 1 spiro atoms. The third-order valence-electron chi connectivity index (χ3n) is 4.14. The highest BCUT2D eigenvalue weighted by atomic mass is 35.5. The summed E-state index contributed by atoms with van der Waals surface area (Å²) in [6, 6.07) is 0. The number of hydrogen-bond acceptors (Lipinski definition) is 5. The van der Waals surface area contributed by atoms with Crippen molar-refractivity contribution in [2.75, 3.05) is 26.2 Å². The van der Waals surface area contributed by atoms with Gasteiger partial charge in [-0.25, -0.2) is 0 Å². The van der Waals surface area contributed by atoms with Crippen LogP contribution in [0.4, 0.5) is 0 Å². The number of nitrogens with zero attached hydrogens (tertiary/aromatic N) is 3. The van der Waals surface area contributed by atoms with E-state index in [4.69, 9.17) is 0 Å². The summed E-state index contributed by atoms with van der Waals surface area (Å²) < 4.78 is 3.91. The first-order valence-corrected chi connectivity index (χ1v) is 7.33. The van der Waals surface area contributed by atoms with Gasteiger partial charge in [0, 0.05) is 25.0 Å². The van der Waals surface area contributed by atoms with Crippen molar-refractivity contribution in [1.29, 1.82) is 0 Å². The van der Waals surface area contributed by atoms with E-state index in [0.717, 1.165) is 49.6 Å². The van der Waals surface area contributed by atoms with Crippen molar-refractivity contribution in [3.8, 4) is 0 Å². The zero-order valence-corrected chi connectivity index (χ0v) is 12.6. The Kier molecular flexibility index (Phi) is 4.43. The van der Waals surface area contributed by atoms with Crippen molar-refractivity contribution < 1.29 is 4.79 Å². The van der Waals surface area contributed by atoms with Gasteiger partial charge in [0.05, 0.1) is 5.69 Å². The van der Waals surface area contributed by atoms with Gasteiger partial charge in [-0.15, -0.1) is 17.5 Å². The van der Waals surface area contributed by atoms with E-state index in [9.17, 15) is 4.79 Å². The van der Waals surface area contributed by atoms with Gasteiger partial charge in [-0.3, -0.25) is 4.79 Å². The van der Waals surface area contributed by atoms with Crippen LogP contribution in [0.2, 0.25) is 0 Å². The van der Waals surface area contributed by atoms with Crippen molar-refractivity contribution in [3.05, 3.63) is 10.6 Å². The molecule has 1 aromatic heterocycles. The molecule has 1 atom stereocenters. The van der Waals surface area contributed by atoms with Gasteiger partial charge in [0.15, 0.2) is 0 Å². The second kappa shape index (κ2) is 5.73. The SMILES string of the molecule is CCc1nnsc1C(=O)N1CCC2(CCNC2)C1.Cl. The molecular weight excluding hydrogens is 284 g/mol. The number of hydrogen-bond donors (Lipinski definition) is 1. The number of nitrogens with one attached hydrogen (secondary N) is 1. The van der Waals surface area contributed by atoms with Crippen molar-refractivity contribution in [3.63, 3.8) is 0 Å². The number of aryl methyl sites for hydroxylation is 1. The summed E-state index contributed by atoms with van der Waals surface area (Å²) in [5.74, 6) is 0.130. The quantitative estimate of drug-likeness (QED) is 0.896. The molecule has 3 heterocycles. The highest BCUT2D eigenvalue weighted by Gasteiger charge is 2.42. The monoisotopic (exact) mass is 302 g/mol. The van der Waals surface area contributed by atoms with Crippen LogP contribution in [-0.2, 0) is 6.42 Å². The van der Waals surface area contributed by atoms with Crippen LogP contribution in [0.5, 0.6) is 0 Å². The molecule has 2 aliphatic heterocycles. The highest BCUT2D eigenvalue weighted by molar-refractivity contribution is 7.08. The Hall–Kier alpha value is -0.720. The lowest BCUT2D eigenvalue weighted by Crippen LogP contribution is -2.33. The first kappa shape index (κ1) is 14.7. The largest absolute Gasteiger partial charge is 0.337 e. The summed E-state index contributed by atoms with van der Waals surface area (Å²) in [4.78, 5) is 15.2. The van der Waals surface area contributed by atoms with E-state index in [1.165, 1.54) is 18.0 Å². The van der Waals surface area contributed by atoms with Crippen molar-refractivity contribution in [2.45, 2.75) is 26.2 Å².